The van der Waals surface area contributed by atoms with Crippen LogP contribution in [0.3, 0.4) is 0 Å². The second kappa shape index (κ2) is 7.06. The van der Waals surface area contributed by atoms with Crippen LogP contribution in [0.5, 0.6) is 5.88 Å². The molecule has 0 radical (unpaired) electrons. The number of aromatic nitrogens is 1. The third kappa shape index (κ3) is 5.98. The molecule has 0 spiro atoms. The molecule has 1 aromatic rings. The molecule has 0 unspecified atom stereocenters. The van der Waals surface area contributed by atoms with Gasteiger partial charge in [-0.1, -0.05) is 20.8 Å². The van der Waals surface area contributed by atoms with Gasteiger partial charge in [-0.2, -0.15) is 8.42 Å². The van der Waals surface area contributed by atoms with Crippen LogP contribution >= 0.6 is 0 Å². The molecule has 0 aliphatic carbocycles. The number of carbonyl (C=O) groups is 1. The number of carbonyl (C=O) groups excluding carboxylic acids is 1. The number of nitrogens with zero attached hydrogens (tertiary/aromatic N) is 1. The van der Waals surface area contributed by atoms with Gasteiger partial charge in [0.25, 0.3) is 10.1 Å². The van der Waals surface area contributed by atoms with Crippen LogP contribution in [0.25, 0.3) is 0 Å². The van der Waals surface area contributed by atoms with Crippen LogP contribution in [0.15, 0.2) is 12.3 Å². The van der Waals surface area contributed by atoms with Crippen molar-refractivity contribution in [1.29, 1.82) is 0 Å². The minimum absolute atomic E-state index is 0.0234. The molecule has 22 heavy (non-hydrogen) atoms. The summed E-state index contributed by atoms with van der Waals surface area (Å²) in [4.78, 5) is 16.1. The third-order valence-corrected chi connectivity index (χ3v) is 3.37. The van der Waals surface area contributed by atoms with Crippen molar-refractivity contribution in [3.8, 4) is 5.88 Å². The zero-order valence-corrected chi connectivity index (χ0v) is 14.3. The molecule has 8 heteroatoms. The highest BCUT2D eigenvalue weighted by molar-refractivity contribution is 7.85. The fraction of sp³-hybridized carbons (Fsp3) is 0.571. The minimum Gasteiger partial charge on any atom is -0.481 e. The lowest BCUT2D eigenvalue weighted by atomic mass is 9.95. The van der Waals surface area contributed by atoms with Crippen LogP contribution in [0.2, 0.25) is 0 Å². The van der Waals surface area contributed by atoms with Crippen molar-refractivity contribution in [3.05, 3.63) is 17.8 Å². The fourth-order valence-electron chi connectivity index (χ4n) is 1.52. The number of pyridine rings is 1. The van der Waals surface area contributed by atoms with E-state index in [1.807, 2.05) is 0 Å². The number of anilines is 1. The van der Waals surface area contributed by atoms with Crippen molar-refractivity contribution in [3.63, 3.8) is 0 Å². The van der Waals surface area contributed by atoms with E-state index >= 15 is 0 Å². The van der Waals surface area contributed by atoms with Crippen LogP contribution in [-0.2, 0) is 25.5 Å². The van der Waals surface area contributed by atoms with Gasteiger partial charge in [-0.15, -0.1) is 0 Å². The number of hydrogen-bond donors (Lipinski definition) is 1. The molecule has 0 saturated heterocycles. The van der Waals surface area contributed by atoms with E-state index < -0.39 is 15.5 Å². The maximum Gasteiger partial charge on any atom is 0.264 e. The van der Waals surface area contributed by atoms with Gasteiger partial charge in [0.15, 0.2) is 0 Å². The largest absolute Gasteiger partial charge is 0.481 e. The molecule has 0 saturated carbocycles. The Morgan fingerprint density at radius 2 is 2.00 bits per heavy atom. The monoisotopic (exact) mass is 330 g/mol. The minimum atomic E-state index is -3.50. The van der Waals surface area contributed by atoms with E-state index in [0.717, 1.165) is 6.26 Å². The maximum absolute atomic E-state index is 12.1. The number of methoxy groups -OCH3 is 1. The Kier molecular flexibility index (Phi) is 5.90. The van der Waals surface area contributed by atoms with Crippen LogP contribution in [0.1, 0.15) is 26.3 Å². The van der Waals surface area contributed by atoms with Gasteiger partial charge in [0, 0.05) is 11.5 Å². The average molecular weight is 330 g/mol. The molecule has 1 amide bonds. The Morgan fingerprint density at radius 1 is 1.36 bits per heavy atom. The zero-order valence-electron chi connectivity index (χ0n) is 13.5. The van der Waals surface area contributed by atoms with Crippen molar-refractivity contribution in [2.45, 2.75) is 27.2 Å². The second-order valence-corrected chi connectivity index (χ2v) is 7.51. The quantitative estimate of drug-likeness (QED) is 0.796. The van der Waals surface area contributed by atoms with Gasteiger partial charge in [-0.3, -0.25) is 8.98 Å². The SMILES string of the molecule is COc1cc(CCOS(C)(=O)=O)c(NC(=O)C(C)(C)C)cn1. The topological polar surface area (TPSA) is 94.6 Å². The first-order valence-electron chi connectivity index (χ1n) is 6.71. The van der Waals surface area contributed by atoms with E-state index in [0.29, 0.717) is 23.6 Å². The molecule has 1 N–H and O–H groups in total. The summed E-state index contributed by atoms with van der Waals surface area (Å²) in [6.45, 7) is 5.37. The lowest BCUT2D eigenvalue weighted by Gasteiger charge is -2.19. The number of hydrogen-bond acceptors (Lipinski definition) is 6. The van der Waals surface area contributed by atoms with Gasteiger partial charge < -0.3 is 10.1 Å². The van der Waals surface area contributed by atoms with Crippen molar-refractivity contribution in [2.75, 3.05) is 25.3 Å². The highest BCUT2D eigenvalue weighted by Gasteiger charge is 2.22. The van der Waals surface area contributed by atoms with Crippen molar-refractivity contribution < 1.29 is 22.1 Å². The summed E-state index contributed by atoms with van der Waals surface area (Å²) in [5.41, 5.74) is 0.645. The predicted octanol–water partition coefficient (Wildman–Crippen LogP) is 1.59. The molecular weight excluding hydrogens is 308 g/mol. The Hall–Kier alpha value is -1.67. The summed E-state index contributed by atoms with van der Waals surface area (Å²) in [7, 11) is -2.02. The van der Waals surface area contributed by atoms with Crippen molar-refractivity contribution in [1.82, 2.24) is 4.98 Å². The molecule has 0 bridgehead atoms. The number of nitrogens with one attached hydrogen (secondary N) is 1. The summed E-state index contributed by atoms with van der Waals surface area (Å²) >= 11 is 0. The second-order valence-electron chi connectivity index (χ2n) is 5.86. The average Bonchev–Trinajstić information content (AvgIpc) is 2.37. The number of rotatable bonds is 6. The van der Waals surface area contributed by atoms with E-state index in [1.165, 1.54) is 13.3 Å². The molecule has 0 aliphatic rings. The molecule has 7 nitrogen and oxygen atoms in total. The van der Waals surface area contributed by atoms with Crippen molar-refractivity contribution >= 4 is 21.7 Å². The van der Waals surface area contributed by atoms with Gasteiger partial charge in [0.05, 0.1) is 31.9 Å². The summed E-state index contributed by atoms with van der Waals surface area (Å²) < 4.78 is 31.8. The summed E-state index contributed by atoms with van der Waals surface area (Å²) in [6.07, 6.45) is 2.77. The van der Waals surface area contributed by atoms with E-state index in [4.69, 9.17) is 8.92 Å². The summed E-state index contributed by atoms with van der Waals surface area (Å²) in [6, 6.07) is 1.64. The van der Waals surface area contributed by atoms with Crippen LogP contribution in [0, 0.1) is 5.41 Å². The molecule has 1 rings (SSSR count). The van der Waals surface area contributed by atoms with Gasteiger partial charge in [-0.05, 0) is 12.0 Å². The predicted molar refractivity (Wildman–Crippen MR) is 83.4 cm³/mol. The Morgan fingerprint density at radius 3 is 2.50 bits per heavy atom. The standard InChI is InChI=1S/C14H22N2O5S/c1-14(2,3)13(17)16-11-9-15-12(20-4)8-10(11)6-7-21-22(5,18)19/h8-9H,6-7H2,1-5H3,(H,16,17). The van der Waals surface area contributed by atoms with Gasteiger partial charge >= 0.3 is 0 Å². The van der Waals surface area contributed by atoms with E-state index in [2.05, 4.69) is 10.3 Å². The molecule has 1 heterocycles. The van der Waals surface area contributed by atoms with E-state index in [9.17, 15) is 13.2 Å². The molecule has 1 aromatic heterocycles. The smallest absolute Gasteiger partial charge is 0.264 e. The Bertz CT molecular complexity index is 635. The van der Waals surface area contributed by atoms with Gasteiger partial charge in [0.1, 0.15) is 0 Å². The maximum atomic E-state index is 12.1. The Balaban J connectivity index is 2.94. The Labute approximate surface area is 131 Å². The zero-order chi connectivity index (χ0) is 17.0. The first-order chi connectivity index (χ1) is 10.0. The first kappa shape index (κ1) is 18.4. The molecule has 0 fully saturated rings. The normalized spacial score (nSPS) is 12.0. The number of ether oxygens (including phenoxy) is 1. The van der Waals surface area contributed by atoms with Crippen LogP contribution < -0.4 is 10.1 Å². The van der Waals surface area contributed by atoms with Gasteiger partial charge in [0.2, 0.25) is 11.8 Å². The number of amides is 1. The molecule has 0 aromatic carbocycles. The van der Waals surface area contributed by atoms with Gasteiger partial charge in [-0.25, -0.2) is 4.98 Å². The summed E-state index contributed by atoms with van der Waals surface area (Å²) in [5, 5.41) is 2.79. The highest BCUT2D eigenvalue weighted by atomic mass is 32.2. The van der Waals surface area contributed by atoms with Crippen molar-refractivity contribution in [2.24, 2.45) is 5.41 Å². The molecular formula is C14H22N2O5S. The fourth-order valence-corrected chi connectivity index (χ4v) is 1.91. The lowest BCUT2D eigenvalue weighted by Crippen LogP contribution is -2.28. The van der Waals surface area contributed by atoms with Crippen LogP contribution in [0.4, 0.5) is 5.69 Å². The molecule has 124 valence electrons. The highest BCUT2D eigenvalue weighted by Crippen LogP contribution is 2.23. The molecule has 0 aliphatic heterocycles. The van der Waals surface area contributed by atoms with E-state index in [-0.39, 0.29) is 12.5 Å². The lowest BCUT2D eigenvalue weighted by molar-refractivity contribution is -0.123. The summed E-state index contributed by atoms with van der Waals surface area (Å²) in [5.74, 6) is 0.216. The first-order valence-corrected chi connectivity index (χ1v) is 8.53. The van der Waals surface area contributed by atoms with Crippen LogP contribution in [-0.4, -0.2) is 39.3 Å². The third-order valence-electron chi connectivity index (χ3n) is 2.77. The molecule has 0 atom stereocenters. The van der Waals surface area contributed by atoms with E-state index in [1.54, 1.807) is 26.8 Å².